The van der Waals surface area contributed by atoms with E-state index in [-0.39, 0.29) is 11.1 Å². The van der Waals surface area contributed by atoms with Gasteiger partial charge in [-0.1, -0.05) is 0 Å². The van der Waals surface area contributed by atoms with Gasteiger partial charge in [0.15, 0.2) is 5.03 Å². The van der Waals surface area contributed by atoms with Crippen molar-refractivity contribution in [3.63, 3.8) is 0 Å². The van der Waals surface area contributed by atoms with Crippen LogP contribution in [0.5, 0.6) is 0 Å². The van der Waals surface area contributed by atoms with Gasteiger partial charge in [0.05, 0.1) is 6.54 Å². The van der Waals surface area contributed by atoms with Crippen molar-refractivity contribution >= 4 is 10.0 Å². The molecule has 0 aromatic carbocycles. The molecule has 2 aromatic rings. The summed E-state index contributed by atoms with van der Waals surface area (Å²) >= 11 is 0. The maximum Gasteiger partial charge on any atom is 0.260 e. The van der Waals surface area contributed by atoms with Crippen molar-refractivity contribution < 1.29 is 8.42 Å². The highest BCUT2D eigenvalue weighted by atomic mass is 32.2. The van der Waals surface area contributed by atoms with Crippen LogP contribution < -0.4 is 10.0 Å². The van der Waals surface area contributed by atoms with E-state index in [1.807, 2.05) is 0 Å². The summed E-state index contributed by atoms with van der Waals surface area (Å²) in [6, 6.07) is 1.50. The first-order chi connectivity index (χ1) is 9.94. The summed E-state index contributed by atoms with van der Waals surface area (Å²) in [5.74, 6) is 0. The molecule has 9 heteroatoms. The maximum absolute atomic E-state index is 12.4. The molecule has 0 radical (unpaired) electrons. The van der Waals surface area contributed by atoms with Crippen molar-refractivity contribution in [2.24, 2.45) is 0 Å². The summed E-state index contributed by atoms with van der Waals surface area (Å²) in [6.45, 7) is 4.48. The van der Waals surface area contributed by atoms with E-state index in [9.17, 15) is 8.42 Å². The SMILES string of the molecule is CNCc1c(S(=O)(=O)NC(C)Cn2cccn2)n[nH]c1C. The van der Waals surface area contributed by atoms with E-state index in [4.69, 9.17) is 0 Å². The molecule has 8 nitrogen and oxygen atoms in total. The van der Waals surface area contributed by atoms with Crippen LogP contribution in [-0.4, -0.2) is 41.5 Å². The lowest BCUT2D eigenvalue weighted by atomic mass is 10.3. The Morgan fingerprint density at radius 1 is 1.48 bits per heavy atom. The van der Waals surface area contributed by atoms with Crippen LogP contribution in [-0.2, 0) is 23.1 Å². The minimum Gasteiger partial charge on any atom is -0.316 e. The molecule has 0 fully saturated rings. The van der Waals surface area contributed by atoms with Gasteiger partial charge in [-0.3, -0.25) is 9.78 Å². The van der Waals surface area contributed by atoms with Crippen LogP contribution in [0.4, 0.5) is 0 Å². The number of rotatable bonds is 7. The Kier molecular flexibility index (Phi) is 4.76. The summed E-state index contributed by atoms with van der Waals surface area (Å²) in [5, 5.41) is 13.7. The third kappa shape index (κ3) is 3.69. The standard InChI is InChI=1S/C12H20N6O2S/c1-9(8-18-6-4-5-14-18)17-21(19,20)12-11(7-13-3)10(2)15-16-12/h4-6,9,13,17H,7-8H2,1-3H3,(H,15,16). The molecular weight excluding hydrogens is 292 g/mol. The Morgan fingerprint density at radius 3 is 2.86 bits per heavy atom. The van der Waals surface area contributed by atoms with Crippen LogP contribution in [0.3, 0.4) is 0 Å². The number of hydrogen-bond acceptors (Lipinski definition) is 5. The lowest BCUT2D eigenvalue weighted by Crippen LogP contribution is -2.36. The van der Waals surface area contributed by atoms with E-state index in [1.54, 1.807) is 44.0 Å². The topological polar surface area (TPSA) is 105 Å². The summed E-state index contributed by atoms with van der Waals surface area (Å²) < 4.78 is 29.2. The average molecular weight is 312 g/mol. The lowest BCUT2D eigenvalue weighted by Gasteiger charge is -2.14. The highest BCUT2D eigenvalue weighted by molar-refractivity contribution is 7.89. The maximum atomic E-state index is 12.4. The van der Waals surface area contributed by atoms with Crippen molar-refractivity contribution in [1.82, 2.24) is 30.0 Å². The Bertz CT molecular complexity index is 677. The van der Waals surface area contributed by atoms with Gasteiger partial charge < -0.3 is 5.32 Å². The molecular formula is C12H20N6O2S. The Labute approximate surface area is 124 Å². The van der Waals surface area contributed by atoms with Crippen LogP contribution in [0.2, 0.25) is 0 Å². The number of sulfonamides is 1. The Hall–Kier alpha value is -1.71. The minimum absolute atomic E-state index is 0.0432. The molecule has 0 aliphatic carbocycles. The van der Waals surface area contributed by atoms with Crippen LogP contribution in [0, 0.1) is 6.92 Å². The molecule has 2 aromatic heterocycles. The third-order valence-electron chi connectivity index (χ3n) is 3.02. The van der Waals surface area contributed by atoms with E-state index in [2.05, 4.69) is 25.3 Å². The molecule has 116 valence electrons. The van der Waals surface area contributed by atoms with Crippen molar-refractivity contribution in [3.05, 3.63) is 29.7 Å². The molecule has 0 aliphatic heterocycles. The van der Waals surface area contributed by atoms with Crippen molar-refractivity contribution in [2.45, 2.75) is 38.0 Å². The first-order valence-electron chi connectivity index (χ1n) is 6.62. The predicted octanol–water partition coefficient (Wildman–Crippen LogP) is 0.00102. The monoisotopic (exact) mass is 312 g/mol. The zero-order chi connectivity index (χ0) is 15.5. The lowest BCUT2D eigenvalue weighted by molar-refractivity contribution is 0.492. The van der Waals surface area contributed by atoms with E-state index in [1.165, 1.54) is 0 Å². The normalized spacial score (nSPS) is 13.5. The third-order valence-corrected chi connectivity index (χ3v) is 4.58. The second-order valence-electron chi connectivity index (χ2n) is 4.91. The molecule has 2 heterocycles. The zero-order valence-electron chi connectivity index (χ0n) is 12.3. The number of nitrogens with one attached hydrogen (secondary N) is 3. The summed E-state index contributed by atoms with van der Waals surface area (Å²) in [6.07, 6.45) is 3.44. The van der Waals surface area contributed by atoms with E-state index >= 15 is 0 Å². The summed E-state index contributed by atoms with van der Waals surface area (Å²) in [4.78, 5) is 0. The molecule has 0 amide bonds. The number of nitrogens with zero attached hydrogens (tertiary/aromatic N) is 3. The first kappa shape index (κ1) is 15.7. The van der Waals surface area contributed by atoms with Gasteiger partial charge in [0.1, 0.15) is 0 Å². The van der Waals surface area contributed by atoms with Gasteiger partial charge in [-0.2, -0.15) is 10.2 Å². The molecule has 3 N–H and O–H groups in total. The number of aromatic amines is 1. The first-order valence-corrected chi connectivity index (χ1v) is 8.10. The number of H-pyrrole nitrogens is 1. The van der Waals surface area contributed by atoms with Gasteiger partial charge in [0.2, 0.25) is 0 Å². The van der Waals surface area contributed by atoms with Crippen LogP contribution in [0.15, 0.2) is 23.5 Å². The smallest absolute Gasteiger partial charge is 0.260 e. The van der Waals surface area contributed by atoms with E-state index < -0.39 is 10.0 Å². The van der Waals surface area contributed by atoms with Crippen molar-refractivity contribution in [1.29, 1.82) is 0 Å². The number of aryl methyl sites for hydroxylation is 1. The van der Waals surface area contributed by atoms with E-state index in [0.717, 1.165) is 5.69 Å². The average Bonchev–Trinajstić information content (AvgIpc) is 3.00. The fourth-order valence-corrected chi connectivity index (χ4v) is 3.52. The van der Waals surface area contributed by atoms with Crippen molar-refractivity contribution in [2.75, 3.05) is 7.05 Å². The number of hydrogen-bond donors (Lipinski definition) is 3. The largest absolute Gasteiger partial charge is 0.316 e. The molecule has 0 bridgehead atoms. The predicted molar refractivity (Wildman–Crippen MR) is 78.1 cm³/mol. The van der Waals surface area contributed by atoms with Gasteiger partial charge in [0, 0.05) is 36.2 Å². The summed E-state index contributed by atoms with van der Waals surface area (Å²) in [7, 11) is -1.91. The van der Waals surface area contributed by atoms with Crippen molar-refractivity contribution in [3.8, 4) is 0 Å². The minimum atomic E-state index is -3.67. The van der Waals surface area contributed by atoms with Crippen LogP contribution in [0.25, 0.3) is 0 Å². The zero-order valence-corrected chi connectivity index (χ0v) is 13.1. The molecule has 1 unspecified atom stereocenters. The van der Waals surface area contributed by atoms with E-state index in [0.29, 0.717) is 18.7 Å². The van der Waals surface area contributed by atoms with Gasteiger partial charge >= 0.3 is 0 Å². The number of aromatic nitrogens is 4. The second-order valence-corrected chi connectivity index (χ2v) is 6.54. The highest BCUT2D eigenvalue weighted by Gasteiger charge is 2.25. The fourth-order valence-electron chi connectivity index (χ4n) is 2.08. The summed E-state index contributed by atoms with van der Waals surface area (Å²) in [5.41, 5.74) is 1.39. The molecule has 0 spiro atoms. The molecule has 21 heavy (non-hydrogen) atoms. The highest BCUT2D eigenvalue weighted by Crippen LogP contribution is 2.16. The quantitative estimate of drug-likeness (QED) is 0.667. The van der Waals surface area contributed by atoms with Gasteiger partial charge in [-0.15, -0.1) is 0 Å². The molecule has 2 rings (SSSR count). The molecule has 0 saturated heterocycles. The van der Waals surface area contributed by atoms with Gasteiger partial charge in [-0.25, -0.2) is 13.1 Å². The van der Waals surface area contributed by atoms with Gasteiger partial charge in [0.25, 0.3) is 10.0 Å². The Morgan fingerprint density at radius 2 is 2.24 bits per heavy atom. The molecule has 0 aliphatic rings. The second kappa shape index (κ2) is 6.37. The van der Waals surface area contributed by atoms with Gasteiger partial charge in [-0.05, 0) is 27.0 Å². The van der Waals surface area contributed by atoms with Crippen LogP contribution >= 0.6 is 0 Å². The Balaban J connectivity index is 2.14. The molecule has 1 atom stereocenters. The van der Waals surface area contributed by atoms with Crippen LogP contribution in [0.1, 0.15) is 18.2 Å². The molecule has 0 saturated carbocycles. The fraction of sp³-hybridized carbons (Fsp3) is 0.500.